The van der Waals surface area contributed by atoms with Crippen molar-refractivity contribution in [3.8, 4) is 17.2 Å². The molecule has 6 nitrogen and oxygen atoms in total. The number of ether oxygens (including phenoxy) is 1. The van der Waals surface area contributed by atoms with E-state index in [-0.39, 0.29) is 10.9 Å². The van der Waals surface area contributed by atoms with Crippen LogP contribution in [0.15, 0.2) is 28.9 Å². The lowest BCUT2D eigenvalue weighted by Crippen LogP contribution is -2.21. The highest BCUT2D eigenvalue weighted by Gasteiger charge is 2.19. The molecule has 0 unspecified atom stereocenters. The van der Waals surface area contributed by atoms with E-state index in [1.807, 2.05) is 0 Å². The summed E-state index contributed by atoms with van der Waals surface area (Å²) in [5.74, 6) is 0.653. The van der Waals surface area contributed by atoms with Crippen molar-refractivity contribution in [3.63, 3.8) is 0 Å². The highest BCUT2D eigenvalue weighted by molar-refractivity contribution is 6.44. The zero-order chi connectivity index (χ0) is 17.4. The van der Waals surface area contributed by atoms with Crippen LogP contribution in [0.3, 0.4) is 0 Å². The lowest BCUT2D eigenvalue weighted by atomic mass is 10.2. The number of rotatable bonds is 3. The molecule has 0 aliphatic heterocycles. The molecule has 0 atom stereocenters. The average Bonchev–Trinajstić information content (AvgIpc) is 3.01. The predicted octanol–water partition coefficient (Wildman–Crippen LogP) is 3.91. The van der Waals surface area contributed by atoms with Gasteiger partial charge >= 0.3 is 0 Å². The summed E-state index contributed by atoms with van der Waals surface area (Å²) in [6.45, 7) is 0. The molecule has 0 radical (unpaired) electrons. The highest BCUT2D eigenvalue weighted by Crippen LogP contribution is 2.37. The number of carbonyl (C=O) groups excluding carboxylic acids is 1. The van der Waals surface area contributed by atoms with Crippen molar-refractivity contribution in [1.82, 2.24) is 14.9 Å². The molecule has 3 aromatic rings. The van der Waals surface area contributed by atoms with Gasteiger partial charge < -0.3 is 14.1 Å². The Labute approximate surface area is 148 Å². The van der Waals surface area contributed by atoms with Gasteiger partial charge in [-0.05, 0) is 6.07 Å². The molecular weight excluding hydrogens is 353 g/mol. The first-order chi connectivity index (χ1) is 11.4. The van der Waals surface area contributed by atoms with Crippen LogP contribution in [0.4, 0.5) is 0 Å². The maximum Gasteiger partial charge on any atom is 0.255 e. The fourth-order valence-electron chi connectivity index (χ4n) is 2.20. The summed E-state index contributed by atoms with van der Waals surface area (Å²) in [6.07, 6.45) is 2.92. The maximum atomic E-state index is 12.0. The van der Waals surface area contributed by atoms with Gasteiger partial charge in [0.2, 0.25) is 0 Å². The number of furan rings is 1. The molecule has 0 saturated carbocycles. The van der Waals surface area contributed by atoms with Crippen molar-refractivity contribution >= 4 is 40.2 Å². The van der Waals surface area contributed by atoms with Crippen LogP contribution < -0.4 is 4.74 Å². The van der Waals surface area contributed by atoms with Gasteiger partial charge in [0.05, 0.1) is 17.7 Å². The third-order valence-corrected chi connectivity index (χ3v) is 4.16. The van der Waals surface area contributed by atoms with Gasteiger partial charge in [0.15, 0.2) is 11.3 Å². The molecule has 8 heteroatoms. The lowest BCUT2D eigenvalue weighted by Gasteiger charge is -2.12. The van der Waals surface area contributed by atoms with Crippen molar-refractivity contribution < 1.29 is 13.9 Å². The fraction of sp³-hybridized carbons (Fsp3) is 0.188. The summed E-state index contributed by atoms with van der Waals surface area (Å²) in [6, 6.07) is 3.30. The van der Waals surface area contributed by atoms with Crippen molar-refractivity contribution in [2.45, 2.75) is 0 Å². The Morgan fingerprint density at radius 2 is 1.96 bits per heavy atom. The van der Waals surface area contributed by atoms with Crippen LogP contribution in [-0.2, 0) is 0 Å². The van der Waals surface area contributed by atoms with Gasteiger partial charge in [-0.2, -0.15) is 0 Å². The largest absolute Gasteiger partial charge is 0.494 e. The van der Waals surface area contributed by atoms with Crippen LogP contribution in [0.5, 0.6) is 5.75 Å². The summed E-state index contributed by atoms with van der Waals surface area (Å²) >= 11 is 12.1. The minimum atomic E-state index is -0.173. The van der Waals surface area contributed by atoms with Gasteiger partial charge in [-0.15, -0.1) is 0 Å². The summed E-state index contributed by atoms with van der Waals surface area (Å²) in [4.78, 5) is 22.0. The monoisotopic (exact) mass is 365 g/mol. The van der Waals surface area contributed by atoms with E-state index in [1.54, 1.807) is 26.2 Å². The first kappa shape index (κ1) is 16.5. The standard InChI is InChI=1S/C16H13Cl2N3O3/c1-21(2)16(22)8-4-11(23-3)14(20-6-8)12-5-10-15(24-12)13(18)9(17)7-19-10/h4-7H,1-3H3. The van der Waals surface area contributed by atoms with Gasteiger partial charge in [0.25, 0.3) is 5.91 Å². The van der Waals surface area contributed by atoms with Gasteiger partial charge in [0.1, 0.15) is 22.0 Å². The number of amides is 1. The Balaban J connectivity index is 2.12. The van der Waals surface area contributed by atoms with Gasteiger partial charge in [0, 0.05) is 32.6 Å². The molecule has 24 heavy (non-hydrogen) atoms. The molecule has 0 saturated heterocycles. The average molecular weight is 366 g/mol. The first-order valence-electron chi connectivity index (χ1n) is 6.92. The molecule has 124 valence electrons. The van der Waals surface area contributed by atoms with Crippen LogP contribution in [0.25, 0.3) is 22.6 Å². The molecule has 3 aromatic heterocycles. The van der Waals surface area contributed by atoms with E-state index < -0.39 is 0 Å². The zero-order valence-corrected chi connectivity index (χ0v) is 14.6. The third kappa shape index (κ3) is 2.79. The summed E-state index contributed by atoms with van der Waals surface area (Å²) in [5.41, 5.74) is 1.78. The van der Waals surface area contributed by atoms with Gasteiger partial charge in [-0.25, -0.2) is 4.98 Å². The number of fused-ring (bicyclic) bond motifs is 1. The molecule has 0 aliphatic carbocycles. The maximum absolute atomic E-state index is 12.0. The Morgan fingerprint density at radius 1 is 1.21 bits per heavy atom. The Bertz CT molecular complexity index is 938. The second-order valence-electron chi connectivity index (χ2n) is 5.22. The second kappa shape index (κ2) is 6.30. The quantitative estimate of drug-likeness (QED) is 0.703. The van der Waals surface area contributed by atoms with Crippen molar-refractivity contribution in [2.24, 2.45) is 0 Å². The van der Waals surface area contributed by atoms with Crippen LogP contribution in [-0.4, -0.2) is 42.0 Å². The Hall–Kier alpha value is -2.31. The van der Waals surface area contributed by atoms with E-state index in [2.05, 4.69) is 9.97 Å². The van der Waals surface area contributed by atoms with Crippen molar-refractivity contribution in [2.75, 3.05) is 21.2 Å². The zero-order valence-electron chi connectivity index (χ0n) is 13.1. The van der Waals surface area contributed by atoms with Crippen molar-refractivity contribution in [3.05, 3.63) is 40.1 Å². The van der Waals surface area contributed by atoms with E-state index >= 15 is 0 Å². The SMILES string of the molecule is COc1cc(C(=O)N(C)C)cnc1-c1cc2ncc(Cl)c(Cl)c2o1. The molecule has 0 aromatic carbocycles. The lowest BCUT2D eigenvalue weighted by molar-refractivity contribution is 0.0827. The highest BCUT2D eigenvalue weighted by atomic mass is 35.5. The number of pyridine rings is 2. The molecule has 1 amide bonds. The molecule has 3 rings (SSSR count). The fourth-order valence-corrected chi connectivity index (χ4v) is 2.52. The third-order valence-electron chi connectivity index (χ3n) is 3.40. The van der Waals surface area contributed by atoms with Gasteiger partial charge in [-0.1, -0.05) is 23.2 Å². The normalized spacial score (nSPS) is 10.9. The number of halogens is 2. The Morgan fingerprint density at radius 3 is 2.62 bits per heavy atom. The summed E-state index contributed by atoms with van der Waals surface area (Å²) < 4.78 is 11.1. The molecule has 0 aliphatic rings. The molecule has 3 heterocycles. The van der Waals surface area contributed by atoms with E-state index in [4.69, 9.17) is 32.4 Å². The van der Waals surface area contributed by atoms with E-state index in [0.29, 0.717) is 38.9 Å². The first-order valence-corrected chi connectivity index (χ1v) is 7.67. The minimum Gasteiger partial charge on any atom is -0.494 e. The van der Waals surface area contributed by atoms with Crippen LogP contribution in [0, 0.1) is 0 Å². The van der Waals surface area contributed by atoms with Crippen LogP contribution in [0.2, 0.25) is 10.0 Å². The molecular formula is C16H13Cl2N3O3. The number of aromatic nitrogens is 2. The topological polar surface area (TPSA) is 68.5 Å². The minimum absolute atomic E-state index is 0.173. The predicted molar refractivity (Wildman–Crippen MR) is 91.8 cm³/mol. The number of hydrogen-bond acceptors (Lipinski definition) is 5. The van der Waals surface area contributed by atoms with E-state index in [1.165, 1.54) is 24.4 Å². The summed E-state index contributed by atoms with van der Waals surface area (Å²) in [5, 5.41) is 0.586. The number of methoxy groups -OCH3 is 1. The molecule has 0 bridgehead atoms. The smallest absolute Gasteiger partial charge is 0.255 e. The molecule has 0 N–H and O–H groups in total. The van der Waals surface area contributed by atoms with Crippen molar-refractivity contribution in [1.29, 1.82) is 0 Å². The molecule has 0 spiro atoms. The number of nitrogens with zero attached hydrogens (tertiary/aromatic N) is 3. The van der Waals surface area contributed by atoms with E-state index in [0.717, 1.165) is 0 Å². The van der Waals surface area contributed by atoms with Crippen LogP contribution >= 0.6 is 23.2 Å². The Kier molecular flexibility index (Phi) is 4.34. The van der Waals surface area contributed by atoms with Gasteiger partial charge in [-0.3, -0.25) is 9.78 Å². The van der Waals surface area contributed by atoms with E-state index in [9.17, 15) is 4.79 Å². The molecule has 0 fully saturated rings. The number of carbonyl (C=O) groups is 1. The number of hydrogen-bond donors (Lipinski definition) is 0. The summed E-state index contributed by atoms with van der Waals surface area (Å²) in [7, 11) is 4.83. The van der Waals surface area contributed by atoms with Crippen LogP contribution in [0.1, 0.15) is 10.4 Å². The second-order valence-corrected chi connectivity index (χ2v) is 6.00.